The lowest BCUT2D eigenvalue weighted by atomic mass is 9.78. The van der Waals surface area contributed by atoms with Gasteiger partial charge in [0.25, 0.3) is 0 Å². The topological polar surface area (TPSA) is 17.1 Å². The van der Waals surface area contributed by atoms with E-state index in [1.807, 2.05) is 30.3 Å². The van der Waals surface area contributed by atoms with Crippen LogP contribution in [-0.2, 0) is 0 Å². The smallest absolute Gasteiger partial charge is 0.163 e. The second-order valence-corrected chi connectivity index (χ2v) is 5.09. The first-order chi connectivity index (χ1) is 8.75. The van der Waals surface area contributed by atoms with Crippen LogP contribution in [0.25, 0.3) is 0 Å². The van der Waals surface area contributed by atoms with E-state index in [4.69, 9.17) is 11.6 Å². The summed E-state index contributed by atoms with van der Waals surface area (Å²) in [6.45, 7) is 0. The number of halogens is 1. The Balaban J connectivity index is 2.13. The van der Waals surface area contributed by atoms with Gasteiger partial charge in [-0.1, -0.05) is 41.9 Å². The maximum absolute atomic E-state index is 11.9. The molecule has 2 heteroatoms. The van der Waals surface area contributed by atoms with Crippen molar-refractivity contribution in [3.8, 4) is 0 Å². The van der Waals surface area contributed by atoms with Crippen LogP contribution in [0.15, 0.2) is 48.5 Å². The van der Waals surface area contributed by atoms with Crippen LogP contribution in [0.4, 0.5) is 0 Å². The molecule has 0 bridgehead atoms. The maximum atomic E-state index is 11.9. The van der Waals surface area contributed by atoms with Crippen LogP contribution in [0.1, 0.15) is 40.2 Å². The van der Waals surface area contributed by atoms with Gasteiger partial charge in [-0.2, -0.15) is 0 Å². The van der Waals surface area contributed by atoms with E-state index in [0.717, 1.165) is 17.5 Å². The van der Waals surface area contributed by atoms with Crippen LogP contribution >= 0.6 is 11.6 Å². The molecule has 1 aliphatic carbocycles. The Morgan fingerprint density at radius 1 is 1.06 bits per heavy atom. The summed E-state index contributed by atoms with van der Waals surface area (Å²) < 4.78 is 0. The number of benzene rings is 2. The Kier molecular flexibility index (Phi) is 2.92. The lowest BCUT2D eigenvalue weighted by Gasteiger charge is -2.25. The van der Waals surface area contributed by atoms with E-state index in [-0.39, 0.29) is 11.7 Å². The van der Waals surface area contributed by atoms with Gasteiger partial charge in [0.2, 0.25) is 0 Å². The number of fused-ring (bicyclic) bond motifs is 1. The third-order valence-electron chi connectivity index (χ3n) is 3.55. The highest BCUT2D eigenvalue weighted by Crippen LogP contribution is 2.37. The Bertz CT molecular complexity index is 589. The molecule has 0 saturated heterocycles. The fourth-order valence-corrected chi connectivity index (χ4v) is 2.85. The molecule has 0 aromatic heterocycles. The molecule has 3 rings (SSSR count). The highest BCUT2D eigenvalue weighted by Gasteiger charge is 2.26. The van der Waals surface area contributed by atoms with Crippen LogP contribution < -0.4 is 0 Å². The molecule has 1 aliphatic rings. The van der Waals surface area contributed by atoms with Crippen molar-refractivity contribution in [3.05, 3.63) is 70.2 Å². The van der Waals surface area contributed by atoms with Crippen LogP contribution in [0.3, 0.4) is 0 Å². The average molecular weight is 257 g/mol. The summed E-state index contributed by atoms with van der Waals surface area (Å²) >= 11 is 6.07. The number of carbonyl (C=O) groups is 1. The minimum Gasteiger partial charge on any atom is -0.294 e. The van der Waals surface area contributed by atoms with Gasteiger partial charge in [0, 0.05) is 22.9 Å². The molecule has 0 N–H and O–H groups in total. The molecule has 0 aliphatic heterocycles. The lowest BCUT2D eigenvalue weighted by Crippen LogP contribution is -2.16. The highest BCUT2D eigenvalue weighted by molar-refractivity contribution is 6.30. The summed E-state index contributed by atoms with van der Waals surface area (Å²) in [5.74, 6) is 0.520. The number of Topliss-reactive ketones (excluding diaryl/α,β-unsaturated/α-hetero) is 1. The largest absolute Gasteiger partial charge is 0.294 e. The summed E-state index contributed by atoms with van der Waals surface area (Å²) in [4.78, 5) is 11.9. The van der Waals surface area contributed by atoms with E-state index in [0.29, 0.717) is 11.4 Å². The standard InChI is InChI=1S/C16H13ClO/c17-12-6-7-14-15(10-12)13(8-9-16(14)18)11-4-2-1-3-5-11/h1-7,10,13H,8-9H2/t13-/m0/s1. The summed E-state index contributed by atoms with van der Waals surface area (Å²) in [5.41, 5.74) is 3.16. The van der Waals surface area contributed by atoms with Gasteiger partial charge in [-0.15, -0.1) is 0 Å². The number of hydrogen-bond donors (Lipinski definition) is 0. The normalized spacial score (nSPS) is 18.5. The first-order valence-electron chi connectivity index (χ1n) is 6.13. The molecular weight excluding hydrogens is 244 g/mol. The van der Waals surface area contributed by atoms with Crippen LogP contribution in [0, 0.1) is 0 Å². The van der Waals surface area contributed by atoms with Crippen molar-refractivity contribution in [2.45, 2.75) is 18.8 Å². The van der Waals surface area contributed by atoms with E-state index in [2.05, 4.69) is 12.1 Å². The quantitative estimate of drug-likeness (QED) is 0.737. The molecule has 18 heavy (non-hydrogen) atoms. The van der Waals surface area contributed by atoms with Crippen molar-refractivity contribution in [1.29, 1.82) is 0 Å². The molecule has 2 aromatic carbocycles. The number of rotatable bonds is 1. The molecule has 0 fully saturated rings. The fraction of sp³-hybridized carbons (Fsp3) is 0.188. The zero-order chi connectivity index (χ0) is 12.5. The minimum atomic E-state index is 0.230. The van der Waals surface area contributed by atoms with Crippen LogP contribution in [0.5, 0.6) is 0 Å². The fourth-order valence-electron chi connectivity index (χ4n) is 2.67. The van der Waals surface area contributed by atoms with Gasteiger partial charge < -0.3 is 0 Å². The van der Waals surface area contributed by atoms with Crippen LogP contribution in [-0.4, -0.2) is 5.78 Å². The van der Waals surface area contributed by atoms with Gasteiger partial charge in [-0.3, -0.25) is 4.79 Å². The van der Waals surface area contributed by atoms with Gasteiger partial charge in [-0.05, 0) is 35.7 Å². The first kappa shape index (κ1) is 11.5. The molecule has 0 spiro atoms. The Labute approximate surface area is 111 Å². The predicted octanol–water partition coefficient (Wildman–Crippen LogP) is 4.45. The molecule has 1 nitrogen and oxygen atoms in total. The SMILES string of the molecule is O=C1CC[C@@H](c2ccccc2)c2cc(Cl)ccc21. The second-order valence-electron chi connectivity index (χ2n) is 4.66. The van der Waals surface area contributed by atoms with E-state index in [9.17, 15) is 4.79 Å². The zero-order valence-electron chi connectivity index (χ0n) is 9.90. The van der Waals surface area contributed by atoms with Crippen molar-refractivity contribution in [2.24, 2.45) is 0 Å². The third kappa shape index (κ3) is 1.95. The lowest BCUT2D eigenvalue weighted by molar-refractivity contribution is 0.0969. The average Bonchev–Trinajstić information content (AvgIpc) is 2.40. The summed E-state index contributed by atoms with van der Waals surface area (Å²) in [6.07, 6.45) is 1.49. The van der Waals surface area contributed by atoms with E-state index in [1.165, 1.54) is 5.56 Å². The monoisotopic (exact) mass is 256 g/mol. The van der Waals surface area contributed by atoms with E-state index < -0.39 is 0 Å². The van der Waals surface area contributed by atoms with Crippen molar-refractivity contribution in [2.75, 3.05) is 0 Å². The summed E-state index contributed by atoms with van der Waals surface area (Å²) in [6, 6.07) is 15.9. The number of hydrogen-bond acceptors (Lipinski definition) is 1. The van der Waals surface area contributed by atoms with Crippen LogP contribution in [0.2, 0.25) is 5.02 Å². The molecule has 90 valence electrons. The van der Waals surface area contributed by atoms with Gasteiger partial charge in [0.15, 0.2) is 5.78 Å². The van der Waals surface area contributed by atoms with Crippen molar-refractivity contribution in [3.63, 3.8) is 0 Å². The molecule has 0 radical (unpaired) electrons. The number of ketones is 1. The van der Waals surface area contributed by atoms with E-state index in [1.54, 1.807) is 6.07 Å². The highest BCUT2D eigenvalue weighted by atomic mass is 35.5. The zero-order valence-corrected chi connectivity index (χ0v) is 10.7. The molecular formula is C16H13ClO. The van der Waals surface area contributed by atoms with Gasteiger partial charge in [0.05, 0.1) is 0 Å². The second kappa shape index (κ2) is 4.58. The van der Waals surface area contributed by atoms with Gasteiger partial charge >= 0.3 is 0 Å². The molecule has 0 amide bonds. The van der Waals surface area contributed by atoms with Crippen molar-refractivity contribution in [1.82, 2.24) is 0 Å². The van der Waals surface area contributed by atoms with Crippen molar-refractivity contribution >= 4 is 17.4 Å². The Morgan fingerprint density at radius 3 is 2.61 bits per heavy atom. The molecule has 0 heterocycles. The molecule has 1 atom stereocenters. The third-order valence-corrected chi connectivity index (χ3v) is 3.79. The van der Waals surface area contributed by atoms with Crippen molar-refractivity contribution < 1.29 is 4.79 Å². The summed E-state index contributed by atoms with van der Waals surface area (Å²) in [7, 11) is 0. The maximum Gasteiger partial charge on any atom is 0.163 e. The molecule has 0 unspecified atom stereocenters. The Hall–Kier alpha value is -1.60. The van der Waals surface area contributed by atoms with Gasteiger partial charge in [-0.25, -0.2) is 0 Å². The first-order valence-corrected chi connectivity index (χ1v) is 6.51. The minimum absolute atomic E-state index is 0.230. The summed E-state index contributed by atoms with van der Waals surface area (Å²) in [5, 5.41) is 0.699. The Morgan fingerprint density at radius 2 is 1.83 bits per heavy atom. The molecule has 2 aromatic rings. The van der Waals surface area contributed by atoms with Gasteiger partial charge in [0.1, 0.15) is 0 Å². The molecule has 0 saturated carbocycles. The van der Waals surface area contributed by atoms with E-state index >= 15 is 0 Å². The number of carbonyl (C=O) groups excluding carboxylic acids is 1. The predicted molar refractivity (Wildman–Crippen MR) is 73.3 cm³/mol.